The highest BCUT2D eigenvalue weighted by Crippen LogP contribution is 2.13. The maximum absolute atomic E-state index is 12.4. The van der Waals surface area contributed by atoms with Gasteiger partial charge < -0.3 is 14.8 Å². The summed E-state index contributed by atoms with van der Waals surface area (Å²) in [6.07, 6.45) is 14.1. The Kier molecular flexibility index (Phi) is 17.9. The molecule has 1 N–H and O–H groups in total. The van der Waals surface area contributed by atoms with Gasteiger partial charge >= 0.3 is 12.1 Å². The second-order valence-corrected chi connectivity index (χ2v) is 8.70. The molecule has 0 aliphatic carbocycles. The summed E-state index contributed by atoms with van der Waals surface area (Å²) in [5.74, 6) is -0.0878. The highest BCUT2D eigenvalue weighted by atomic mass is 16.6. The predicted octanol–water partition coefficient (Wildman–Crippen LogP) is 6.64. The van der Waals surface area contributed by atoms with Crippen LogP contribution in [0.25, 0.3) is 0 Å². The van der Waals surface area contributed by atoms with E-state index in [2.05, 4.69) is 12.2 Å². The molecule has 0 bridgehead atoms. The summed E-state index contributed by atoms with van der Waals surface area (Å²) in [6.45, 7) is 10.9. The number of esters is 1. The highest BCUT2D eigenvalue weighted by molar-refractivity contribution is 5.81. The van der Waals surface area contributed by atoms with Crippen molar-refractivity contribution in [3.63, 3.8) is 0 Å². The van der Waals surface area contributed by atoms with Crippen molar-refractivity contribution >= 4 is 12.1 Å². The van der Waals surface area contributed by atoms with Gasteiger partial charge in [0.2, 0.25) is 0 Å². The van der Waals surface area contributed by atoms with Crippen LogP contribution in [0.3, 0.4) is 0 Å². The van der Waals surface area contributed by atoms with Gasteiger partial charge in [0, 0.05) is 0 Å². The zero-order valence-corrected chi connectivity index (χ0v) is 19.8. The molecule has 0 fully saturated rings. The Labute approximate surface area is 179 Å². The number of amides is 1. The van der Waals surface area contributed by atoms with Crippen molar-refractivity contribution < 1.29 is 19.1 Å². The first-order valence-corrected chi connectivity index (χ1v) is 12.0. The third kappa shape index (κ3) is 16.2. The predicted molar refractivity (Wildman–Crippen MR) is 120 cm³/mol. The molecule has 5 nitrogen and oxygen atoms in total. The van der Waals surface area contributed by atoms with Crippen LogP contribution in [0.5, 0.6) is 0 Å². The summed E-state index contributed by atoms with van der Waals surface area (Å²) in [5.41, 5.74) is 0. The van der Waals surface area contributed by atoms with Gasteiger partial charge in [0.05, 0.1) is 13.2 Å². The molecule has 0 saturated heterocycles. The third-order valence-electron chi connectivity index (χ3n) is 5.28. The molecule has 0 aromatic heterocycles. The monoisotopic (exact) mass is 413 g/mol. The van der Waals surface area contributed by atoms with Crippen LogP contribution < -0.4 is 5.32 Å². The van der Waals surface area contributed by atoms with Crippen molar-refractivity contribution in [1.82, 2.24) is 5.32 Å². The minimum absolute atomic E-state index is 0.00595. The Morgan fingerprint density at radius 1 is 0.759 bits per heavy atom. The molecule has 0 radical (unpaired) electrons. The van der Waals surface area contributed by atoms with E-state index >= 15 is 0 Å². The Bertz CT molecular complexity index is 412. The minimum atomic E-state index is -0.646. The number of hydrogen-bond donors (Lipinski definition) is 1. The maximum Gasteiger partial charge on any atom is 0.407 e. The molecule has 0 heterocycles. The van der Waals surface area contributed by atoms with Crippen molar-refractivity contribution in [2.24, 2.45) is 11.8 Å². The number of nitrogens with one attached hydrogen (secondary N) is 1. The first kappa shape index (κ1) is 27.7. The largest absolute Gasteiger partial charge is 0.464 e. The van der Waals surface area contributed by atoms with Gasteiger partial charge in [0.1, 0.15) is 6.04 Å². The lowest BCUT2D eigenvalue weighted by Gasteiger charge is -2.22. The number of ether oxygens (including phenoxy) is 2. The summed E-state index contributed by atoms with van der Waals surface area (Å²) in [5, 5.41) is 2.68. The Morgan fingerprint density at radius 2 is 1.28 bits per heavy atom. The first-order chi connectivity index (χ1) is 13.9. The van der Waals surface area contributed by atoms with Crippen LogP contribution in [-0.4, -0.2) is 31.3 Å². The number of alkyl carbamates (subject to hydrolysis) is 1. The third-order valence-corrected chi connectivity index (χ3v) is 5.28. The number of unbranched alkanes of at least 4 members (excludes halogenated alkanes) is 10. The van der Waals surface area contributed by atoms with Gasteiger partial charge in [-0.2, -0.15) is 0 Å². The van der Waals surface area contributed by atoms with Crippen LogP contribution >= 0.6 is 0 Å². The lowest BCUT2D eigenvalue weighted by Crippen LogP contribution is -2.46. The topological polar surface area (TPSA) is 64.6 Å². The highest BCUT2D eigenvalue weighted by Gasteiger charge is 2.27. The molecule has 0 aromatic rings. The van der Waals surface area contributed by atoms with Crippen LogP contribution in [0.1, 0.15) is 112 Å². The van der Waals surface area contributed by atoms with Gasteiger partial charge in [-0.25, -0.2) is 9.59 Å². The SMILES string of the molecule is CCCCCCCCCCCCCOC(=O)C(NC(=O)OCC(C)C)C(C)CC. The maximum atomic E-state index is 12.4. The molecule has 5 heteroatoms. The Balaban J connectivity index is 3.89. The van der Waals surface area contributed by atoms with Gasteiger partial charge in [-0.1, -0.05) is 105 Å². The smallest absolute Gasteiger partial charge is 0.407 e. The van der Waals surface area contributed by atoms with Crippen molar-refractivity contribution in [3.8, 4) is 0 Å². The fraction of sp³-hybridized carbons (Fsp3) is 0.917. The fourth-order valence-corrected chi connectivity index (χ4v) is 3.11. The fourth-order valence-electron chi connectivity index (χ4n) is 3.11. The van der Waals surface area contributed by atoms with Crippen LogP contribution in [-0.2, 0) is 14.3 Å². The van der Waals surface area contributed by atoms with Gasteiger partial charge in [-0.3, -0.25) is 0 Å². The Hall–Kier alpha value is -1.26. The standard InChI is InChI=1S/C24H47NO4/c1-6-8-9-10-11-12-13-14-15-16-17-18-28-23(26)22(21(5)7-2)25-24(27)29-19-20(3)4/h20-22H,6-19H2,1-5H3,(H,25,27). The molecule has 1 amide bonds. The second-order valence-electron chi connectivity index (χ2n) is 8.70. The molecule has 0 aromatic carbocycles. The van der Waals surface area contributed by atoms with Crippen LogP contribution in [0.15, 0.2) is 0 Å². The van der Waals surface area contributed by atoms with Crippen LogP contribution in [0, 0.1) is 11.8 Å². The first-order valence-electron chi connectivity index (χ1n) is 12.0. The zero-order chi connectivity index (χ0) is 21.9. The normalized spacial score (nSPS) is 13.2. The van der Waals surface area contributed by atoms with Crippen molar-refractivity contribution in [3.05, 3.63) is 0 Å². The van der Waals surface area contributed by atoms with E-state index in [0.717, 1.165) is 19.3 Å². The zero-order valence-electron chi connectivity index (χ0n) is 19.8. The van der Waals surface area contributed by atoms with Gasteiger partial charge in [-0.05, 0) is 18.3 Å². The van der Waals surface area contributed by atoms with E-state index in [1.807, 2.05) is 27.7 Å². The molecule has 0 spiro atoms. The Morgan fingerprint density at radius 3 is 1.76 bits per heavy atom. The summed E-state index contributed by atoms with van der Waals surface area (Å²) < 4.78 is 10.6. The molecule has 0 saturated carbocycles. The summed E-state index contributed by atoms with van der Waals surface area (Å²) in [6, 6.07) is -0.646. The number of rotatable bonds is 18. The van der Waals surface area contributed by atoms with E-state index in [1.54, 1.807) is 0 Å². The summed E-state index contributed by atoms with van der Waals surface area (Å²) in [4.78, 5) is 24.3. The molecule has 0 rings (SSSR count). The van der Waals surface area contributed by atoms with E-state index in [9.17, 15) is 9.59 Å². The molecule has 29 heavy (non-hydrogen) atoms. The summed E-state index contributed by atoms with van der Waals surface area (Å²) >= 11 is 0. The molecular weight excluding hydrogens is 366 g/mol. The number of hydrogen-bond acceptors (Lipinski definition) is 4. The molecule has 2 unspecified atom stereocenters. The molecule has 2 atom stereocenters. The van der Waals surface area contributed by atoms with E-state index in [1.165, 1.54) is 57.8 Å². The van der Waals surface area contributed by atoms with Gasteiger partial charge in [0.15, 0.2) is 0 Å². The quantitative estimate of drug-likeness (QED) is 0.202. The summed E-state index contributed by atoms with van der Waals surface area (Å²) in [7, 11) is 0. The molecule has 172 valence electrons. The molecule has 0 aliphatic heterocycles. The van der Waals surface area contributed by atoms with E-state index < -0.39 is 12.1 Å². The number of carbonyl (C=O) groups is 2. The van der Waals surface area contributed by atoms with Crippen molar-refractivity contribution in [1.29, 1.82) is 0 Å². The van der Waals surface area contributed by atoms with Crippen LogP contribution in [0.2, 0.25) is 0 Å². The molecule has 0 aliphatic rings. The van der Waals surface area contributed by atoms with Crippen molar-refractivity contribution in [2.75, 3.05) is 13.2 Å². The van der Waals surface area contributed by atoms with E-state index in [4.69, 9.17) is 9.47 Å². The van der Waals surface area contributed by atoms with Gasteiger partial charge in [-0.15, -0.1) is 0 Å². The number of carbonyl (C=O) groups excluding carboxylic acids is 2. The average molecular weight is 414 g/mol. The average Bonchev–Trinajstić information content (AvgIpc) is 2.70. The molecular formula is C24H47NO4. The lowest BCUT2D eigenvalue weighted by molar-refractivity contribution is -0.147. The van der Waals surface area contributed by atoms with Crippen molar-refractivity contribution in [2.45, 2.75) is 118 Å². The minimum Gasteiger partial charge on any atom is -0.464 e. The second kappa shape index (κ2) is 18.7. The van der Waals surface area contributed by atoms with Crippen LogP contribution in [0.4, 0.5) is 4.79 Å². The lowest BCUT2D eigenvalue weighted by atomic mass is 9.99. The van der Waals surface area contributed by atoms with E-state index in [-0.39, 0.29) is 17.8 Å². The van der Waals surface area contributed by atoms with Gasteiger partial charge in [0.25, 0.3) is 0 Å². The van der Waals surface area contributed by atoms with E-state index in [0.29, 0.717) is 13.2 Å².